The Kier molecular flexibility index (Phi) is 7.70. The van der Waals surface area contributed by atoms with E-state index in [0.717, 1.165) is 5.56 Å². The smallest absolute Gasteiger partial charge is 0.203 e. The van der Waals surface area contributed by atoms with Gasteiger partial charge >= 0.3 is 0 Å². The SMILES string of the molecule is CCOc1c(OC)cc(CN=C(N)NC2CCCCCC2)cc1OC. The Labute approximate surface area is 150 Å². The zero-order valence-corrected chi connectivity index (χ0v) is 15.6. The van der Waals surface area contributed by atoms with Gasteiger partial charge in [-0.25, -0.2) is 4.99 Å². The molecule has 6 nitrogen and oxygen atoms in total. The minimum absolute atomic E-state index is 0.440. The zero-order valence-electron chi connectivity index (χ0n) is 15.6. The number of methoxy groups -OCH3 is 2. The number of nitrogens with two attached hydrogens (primary N) is 1. The Bertz CT molecular complexity index is 542. The van der Waals surface area contributed by atoms with Crippen molar-refractivity contribution in [3.8, 4) is 17.2 Å². The second-order valence-electron chi connectivity index (χ2n) is 6.30. The third kappa shape index (κ3) is 5.73. The molecule has 0 amide bonds. The van der Waals surface area contributed by atoms with E-state index in [4.69, 9.17) is 19.9 Å². The first-order valence-electron chi connectivity index (χ1n) is 9.12. The predicted octanol–water partition coefficient (Wildman–Crippen LogP) is 3.23. The van der Waals surface area contributed by atoms with Crippen molar-refractivity contribution in [1.29, 1.82) is 0 Å². The fourth-order valence-electron chi connectivity index (χ4n) is 3.17. The molecule has 0 unspecified atom stereocenters. The number of benzene rings is 1. The summed E-state index contributed by atoms with van der Waals surface area (Å²) in [5.41, 5.74) is 7.03. The highest BCUT2D eigenvalue weighted by atomic mass is 16.5. The van der Waals surface area contributed by atoms with E-state index in [9.17, 15) is 0 Å². The fraction of sp³-hybridized carbons (Fsp3) is 0.632. The Morgan fingerprint density at radius 2 is 1.72 bits per heavy atom. The second kappa shape index (κ2) is 10.0. The standard InChI is InChI=1S/C19H31N3O3/c1-4-25-18-16(23-2)11-14(12-17(18)24-3)13-21-19(20)22-15-9-7-5-6-8-10-15/h11-12,15H,4-10,13H2,1-3H3,(H3,20,21,22). The first-order chi connectivity index (χ1) is 12.2. The maximum absolute atomic E-state index is 6.07. The molecule has 0 spiro atoms. The fourth-order valence-corrected chi connectivity index (χ4v) is 3.17. The van der Waals surface area contributed by atoms with Gasteiger partial charge in [-0.05, 0) is 37.5 Å². The normalized spacial score (nSPS) is 16.2. The lowest BCUT2D eigenvalue weighted by molar-refractivity contribution is 0.288. The lowest BCUT2D eigenvalue weighted by Gasteiger charge is -2.17. The van der Waals surface area contributed by atoms with Crippen LogP contribution in [-0.2, 0) is 6.54 Å². The monoisotopic (exact) mass is 349 g/mol. The third-order valence-corrected chi connectivity index (χ3v) is 4.45. The third-order valence-electron chi connectivity index (χ3n) is 4.45. The van der Waals surface area contributed by atoms with E-state index < -0.39 is 0 Å². The molecule has 3 N–H and O–H groups in total. The molecule has 1 aromatic carbocycles. The number of nitrogens with one attached hydrogen (secondary N) is 1. The molecule has 0 saturated heterocycles. The summed E-state index contributed by atoms with van der Waals surface area (Å²) < 4.78 is 16.5. The molecule has 0 aliphatic heterocycles. The summed E-state index contributed by atoms with van der Waals surface area (Å²) in [7, 11) is 3.23. The van der Waals surface area contributed by atoms with Crippen molar-refractivity contribution in [1.82, 2.24) is 5.32 Å². The van der Waals surface area contributed by atoms with Crippen molar-refractivity contribution in [3.63, 3.8) is 0 Å². The lowest BCUT2D eigenvalue weighted by Crippen LogP contribution is -2.39. The van der Waals surface area contributed by atoms with E-state index in [1.165, 1.54) is 38.5 Å². The number of ether oxygens (including phenoxy) is 3. The van der Waals surface area contributed by atoms with Crippen LogP contribution < -0.4 is 25.3 Å². The average molecular weight is 349 g/mol. The first kappa shape index (κ1) is 19.2. The van der Waals surface area contributed by atoms with Crippen LogP contribution in [0.2, 0.25) is 0 Å². The van der Waals surface area contributed by atoms with Crippen LogP contribution in [0.1, 0.15) is 51.0 Å². The second-order valence-corrected chi connectivity index (χ2v) is 6.30. The molecule has 2 rings (SSSR count). The van der Waals surface area contributed by atoms with Crippen LogP contribution in [0.15, 0.2) is 17.1 Å². The maximum Gasteiger partial charge on any atom is 0.203 e. The molecule has 1 aliphatic rings. The van der Waals surface area contributed by atoms with Crippen LogP contribution in [0.25, 0.3) is 0 Å². The van der Waals surface area contributed by atoms with Crippen LogP contribution in [0, 0.1) is 0 Å². The van der Waals surface area contributed by atoms with Gasteiger partial charge in [-0.3, -0.25) is 0 Å². The predicted molar refractivity (Wildman–Crippen MR) is 101 cm³/mol. The largest absolute Gasteiger partial charge is 0.493 e. The molecule has 0 atom stereocenters. The quantitative estimate of drug-likeness (QED) is 0.449. The number of aliphatic imine (C=N–C) groups is 1. The summed E-state index contributed by atoms with van der Waals surface area (Å²) in [4.78, 5) is 4.48. The Morgan fingerprint density at radius 3 is 2.24 bits per heavy atom. The number of hydrogen-bond donors (Lipinski definition) is 2. The summed E-state index contributed by atoms with van der Waals surface area (Å²) >= 11 is 0. The molecule has 140 valence electrons. The summed E-state index contributed by atoms with van der Waals surface area (Å²) in [6.45, 7) is 2.93. The van der Waals surface area contributed by atoms with Crippen molar-refractivity contribution >= 4 is 5.96 Å². The topological polar surface area (TPSA) is 78.1 Å². The van der Waals surface area contributed by atoms with Gasteiger partial charge in [-0.1, -0.05) is 25.7 Å². The van der Waals surface area contributed by atoms with Gasteiger partial charge in [-0.15, -0.1) is 0 Å². The van der Waals surface area contributed by atoms with Crippen molar-refractivity contribution in [3.05, 3.63) is 17.7 Å². The number of guanidine groups is 1. The van der Waals surface area contributed by atoms with Crippen LogP contribution in [0.5, 0.6) is 17.2 Å². The minimum Gasteiger partial charge on any atom is -0.493 e. The molecule has 0 aromatic heterocycles. The van der Waals surface area contributed by atoms with Gasteiger partial charge in [0.25, 0.3) is 0 Å². The molecule has 25 heavy (non-hydrogen) atoms. The minimum atomic E-state index is 0.440. The molecular formula is C19H31N3O3. The highest BCUT2D eigenvalue weighted by molar-refractivity contribution is 5.78. The molecule has 1 aromatic rings. The molecule has 1 saturated carbocycles. The van der Waals surface area contributed by atoms with Gasteiger partial charge < -0.3 is 25.3 Å². The average Bonchev–Trinajstić information content (AvgIpc) is 2.89. The number of rotatable bonds is 7. The number of nitrogens with zero attached hydrogens (tertiary/aromatic N) is 1. The molecule has 0 bridgehead atoms. The Morgan fingerprint density at radius 1 is 1.12 bits per heavy atom. The van der Waals surface area contributed by atoms with E-state index in [1.807, 2.05) is 19.1 Å². The van der Waals surface area contributed by atoms with Crippen molar-refractivity contribution < 1.29 is 14.2 Å². The first-order valence-corrected chi connectivity index (χ1v) is 9.12. The van der Waals surface area contributed by atoms with Crippen molar-refractivity contribution in [2.45, 2.75) is 58.0 Å². The maximum atomic E-state index is 6.07. The highest BCUT2D eigenvalue weighted by Crippen LogP contribution is 2.38. The van der Waals surface area contributed by atoms with Crippen LogP contribution in [0.3, 0.4) is 0 Å². The van der Waals surface area contributed by atoms with Gasteiger partial charge in [0.2, 0.25) is 5.75 Å². The van der Waals surface area contributed by atoms with Gasteiger partial charge in [0.15, 0.2) is 17.5 Å². The van der Waals surface area contributed by atoms with Gasteiger partial charge in [0.1, 0.15) is 0 Å². The summed E-state index contributed by atoms with van der Waals surface area (Å²) in [6, 6.07) is 4.27. The van der Waals surface area contributed by atoms with Gasteiger partial charge in [0.05, 0.1) is 27.4 Å². The summed E-state index contributed by atoms with van der Waals surface area (Å²) in [6.07, 6.45) is 7.50. The Balaban J connectivity index is 2.05. The molecule has 6 heteroatoms. The highest BCUT2D eigenvalue weighted by Gasteiger charge is 2.15. The van der Waals surface area contributed by atoms with Crippen molar-refractivity contribution in [2.24, 2.45) is 10.7 Å². The van der Waals surface area contributed by atoms with E-state index >= 15 is 0 Å². The van der Waals surface area contributed by atoms with Crippen LogP contribution in [0.4, 0.5) is 0 Å². The zero-order chi connectivity index (χ0) is 18.1. The van der Waals surface area contributed by atoms with Crippen LogP contribution in [-0.4, -0.2) is 32.8 Å². The number of hydrogen-bond acceptors (Lipinski definition) is 4. The molecule has 0 heterocycles. The molecule has 1 fully saturated rings. The summed E-state index contributed by atoms with van der Waals surface area (Å²) in [5, 5.41) is 3.36. The van der Waals surface area contributed by atoms with E-state index in [0.29, 0.717) is 42.4 Å². The van der Waals surface area contributed by atoms with E-state index in [-0.39, 0.29) is 0 Å². The summed E-state index contributed by atoms with van der Waals surface area (Å²) in [5.74, 6) is 2.40. The molecule has 1 aliphatic carbocycles. The Hall–Kier alpha value is -2.11. The van der Waals surface area contributed by atoms with Gasteiger partial charge in [-0.2, -0.15) is 0 Å². The van der Waals surface area contributed by atoms with E-state index in [1.54, 1.807) is 14.2 Å². The van der Waals surface area contributed by atoms with Gasteiger partial charge in [0, 0.05) is 6.04 Å². The van der Waals surface area contributed by atoms with Crippen molar-refractivity contribution in [2.75, 3.05) is 20.8 Å². The molecule has 0 radical (unpaired) electrons. The molecular weight excluding hydrogens is 318 g/mol. The van der Waals surface area contributed by atoms with E-state index in [2.05, 4.69) is 10.3 Å². The van der Waals surface area contributed by atoms with Crippen LogP contribution >= 0.6 is 0 Å². The lowest BCUT2D eigenvalue weighted by atomic mass is 10.1.